The van der Waals surface area contributed by atoms with Crippen molar-refractivity contribution in [3.8, 4) is 17.2 Å². The Labute approximate surface area is 293 Å². The highest BCUT2D eigenvalue weighted by Gasteiger charge is 2.49. The molecule has 3 aromatic heterocycles. The summed E-state index contributed by atoms with van der Waals surface area (Å²) in [5, 5.41) is 15.4. The number of nitrogens with zero attached hydrogens (tertiary/aromatic N) is 6. The first-order valence-electron chi connectivity index (χ1n) is 16.7. The standard InChI is InChI=1S/C37H35Cl2FN8O/c1-19-25-17-29(20(2)46-12-5-13-47(37(46)49)23-9-11-43-30(42)16-23)48(35-22-15-28(35)44-18-22)36(25)26-14-21(6-4-10-41)31(33(40)34(26)45-19)24-7-3-8-27(38)32(24)39/h3,7-9,11,14,16-17,20,22,28,35,44H,4-6,12-13,15,18H2,1-2H3,(H2,42,43). The summed E-state index contributed by atoms with van der Waals surface area (Å²) in [6.45, 7) is 6.07. The van der Waals surface area contributed by atoms with Crippen molar-refractivity contribution in [2.75, 3.05) is 30.3 Å². The summed E-state index contributed by atoms with van der Waals surface area (Å²) in [7, 11) is 0. The summed E-state index contributed by atoms with van der Waals surface area (Å²) >= 11 is 13.0. The Balaban J connectivity index is 1.34. The van der Waals surface area contributed by atoms with Crippen molar-refractivity contribution in [1.29, 1.82) is 5.26 Å². The van der Waals surface area contributed by atoms with Gasteiger partial charge in [-0.25, -0.2) is 19.2 Å². The van der Waals surface area contributed by atoms with E-state index in [0.717, 1.165) is 41.7 Å². The molecule has 3 saturated heterocycles. The van der Waals surface area contributed by atoms with Crippen molar-refractivity contribution in [2.45, 2.75) is 57.7 Å². The number of aromatic nitrogens is 3. The minimum absolute atomic E-state index is 0.0940. The van der Waals surface area contributed by atoms with Crippen molar-refractivity contribution in [1.82, 2.24) is 24.8 Å². The van der Waals surface area contributed by atoms with E-state index >= 15 is 4.39 Å². The number of amides is 2. The second-order valence-electron chi connectivity index (χ2n) is 13.4. The highest BCUT2D eigenvalue weighted by atomic mass is 35.5. The Morgan fingerprint density at radius 2 is 2.02 bits per heavy atom. The molecule has 250 valence electrons. The van der Waals surface area contributed by atoms with Crippen LogP contribution in [0.5, 0.6) is 0 Å². The van der Waals surface area contributed by atoms with Crippen molar-refractivity contribution in [3.63, 3.8) is 0 Å². The number of anilines is 2. The monoisotopic (exact) mass is 696 g/mol. The molecule has 4 unspecified atom stereocenters. The van der Waals surface area contributed by atoms with Crippen LogP contribution >= 0.6 is 23.2 Å². The number of benzene rings is 2. The molecule has 2 aromatic carbocycles. The van der Waals surface area contributed by atoms with Gasteiger partial charge < -0.3 is 20.5 Å². The fraction of sp³-hybridized carbons (Fsp3) is 0.351. The summed E-state index contributed by atoms with van der Waals surface area (Å²) in [6, 6.07) is 15.1. The number of fused-ring (bicyclic) bond motifs is 4. The van der Waals surface area contributed by atoms with Gasteiger partial charge in [-0.1, -0.05) is 35.3 Å². The van der Waals surface area contributed by atoms with E-state index in [1.807, 2.05) is 24.0 Å². The van der Waals surface area contributed by atoms with Gasteiger partial charge in [-0.05, 0) is 68.9 Å². The summed E-state index contributed by atoms with van der Waals surface area (Å²) in [5.41, 5.74) is 11.0. The molecule has 3 aliphatic heterocycles. The number of aryl methyl sites for hydroxylation is 2. The van der Waals surface area contributed by atoms with Gasteiger partial charge in [0.1, 0.15) is 11.3 Å². The van der Waals surface area contributed by atoms with Gasteiger partial charge in [0.15, 0.2) is 5.82 Å². The number of halogens is 3. The predicted molar refractivity (Wildman–Crippen MR) is 191 cm³/mol. The Morgan fingerprint density at radius 1 is 1.18 bits per heavy atom. The minimum atomic E-state index is -0.491. The number of hydrogen-bond donors (Lipinski definition) is 2. The van der Waals surface area contributed by atoms with E-state index in [1.165, 1.54) is 0 Å². The molecular formula is C37H35Cl2FN8O. The van der Waals surface area contributed by atoms with Gasteiger partial charge in [0.25, 0.3) is 0 Å². The number of nitrogens with one attached hydrogen (secondary N) is 1. The molecule has 0 radical (unpaired) electrons. The lowest BCUT2D eigenvalue weighted by atomic mass is 9.79. The van der Waals surface area contributed by atoms with Crippen LogP contribution in [0.2, 0.25) is 10.0 Å². The molecule has 0 spiro atoms. The second-order valence-corrected chi connectivity index (χ2v) is 14.2. The fourth-order valence-corrected chi connectivity index (χ4v) is 8.67. The van der Waals surface area contributed by atoms with Gasteiger partial charge >= 0.3 is 6.03 Å². The number of nitrogens with two attached hydrogens (primary N) is 1. The molecular weight excluding hydrogens is 662 g/mol. The molecule has 9 nitrogen and oxygen atoms in total. The molecule has 6 heterocycles. The first-order valence-corrected chi connectivity index (χ1v) is 17.4. The maximum atomic E-state index is 17.1. The van der Waals surface area contributed by atoms with Crippen LogP contribution in [0, 0.1) is 30.0 Å². The minimum Gasteiger partial charge on any atom is -0.384 e. The molecule has 5 aromatic rings. The SMILES string of the molecule is Cc1nc2c(F)c(-c3cccc(Cl)c3Cl)c(CCC#N)cc2c2c1cc(C(C)N1CCCN(c3ccnc(N)c3)C1=O)n2C1C2CNC1C2. The maximum absolute atomic E-state index is 17.1. The Morgan fingerprint density at radius 3 is 2.76 bits per heavy atom. The summed E-state index contributed by atoms with van der Waals surface area (Å²) in [4.78, 5) is 26.8. The van der Waals surface area contributed by atoms with Gasteiger partial charge in [0.05, 0.1) is 39.4 Å². The largest absolute Gasteiger partial charge is 0.384 e. The molecule has 4 aliphatic rings. The average molecular weight is 698 g/mol. The lowest BCUT2D eigenvalue weighted by Gasteiger charge is -2.42. The molecule has 1 saturated carbocycles. The zero-order valence-electron chi connectivity index (χ0n) is 27.2. The number of carbonyl (C=O) groups excluding carboxylic acids is 1. The Kier molecular flexibility index (Phi) is 7.90. The zero-order chi connectivity index (χ0) is 34.1. The van der Waals surface area contributed by atoms with Crippen molar-refractivity contribution in [3.05, 3.63) is 81.5 Å². The highest BCUT2D eigenvalue weighted by Crippen LogP contribution is 2.50. The summed E-state index contributed by atoms with van der Waals surface area (Å²) in [6.07, 6.45) is 4.01. The van der Waals surface area contributed by atoms with Crippen LogP contribution in [0.15, 0.2) is 48.7 Å². The molecule has 12 heteroatoms. The van der Waals surface area contributed by atoms with E-state index in [4.69, 9.17) is 33.9 Å². The third kappa shape index (κ3) is 5.01. The van der Waals surface area contributed by atoms with Gasteiger partial charge in [0, 0.05) is 77.6 Å². The van der Waals surface area contributed by atoms with Crippen molar-refractivity contribution < 1.29 is 9.18 Å². The van der Waals surface area contributed by atoms with Crippen LogP contribution in [0.1, 0.15) is 55.2 Å². The fourth-order valence-electron chi connectivity index (χ4n) is 8.27. The molecule has 49 heavy (non-hydrogen) atoms. The van der Waals surface area contributed by atoms with Crippen molar-refractivity contribution >= 4 is 62.5 Å². The molecule has 3 N–H and O–H groups in total. The molecule has 1 aliphatic carbocycles. The second kappa shape index (κ2) is 12.2. The van der Waals surface area contributed by atoms with Gasteiger partial charge in [-0.3, -0.25) is 4.90 Å². The molecule has 4 fully saturated rings. The highest BCUT2D eigenvalue weighted by molar-refractivity contribution is 6.43. The molecule has 9 rings (SSSR count). The van der Waals surface area contributed by atoms with E-state index in [0.29, 0.717) is 64.0 Å². The van der Waals surface area contributed by atoms with E-state index in [-0.39, 0.29) is 41.1 Å². The third-order valence-corrected chi connectivity index (χ3v) is 11.5. The maximum Gasteiger partial charge on any atom is 0.325 e. The number of urea groups is 1. The number of hydrogen-bond acceptors (Lipinski definition) is 6. The van der Waals surface area contributed by atoms with Crippen LogP contribution in [-0.2, 0) is 6.42 Å². The Bertz CT molecular complexity index is 2200. The molecule has 2 amide bonds. The third-order valence-electron chi connectivity index (χ3n) is 10.7. The van der Waals surface area contributed by atoms with Crippen LogP contribution in [0.25, 0.3) is 32.9 Å². The normalized spacial score (nSPS) is 21.0. The first kappa shape index (κ1) is 31.8. The van der Waals surface area contributed by atoms with Crippen LogP contribution < -0.4 is 16.0 Å². The lowest BCUT2D eigenvalue weighted by molar-refractivity contribution is 0.165. The van der Waals surface area contributed by atoms with Gasteiger partial charge in [-0.15, -0.1) is 0 Å². The molecule has 4 atom stereocenters. The average Bonchev–Trinajstić information content (AvgIpc) is 3.83. The molecule has 2 bridgehead atoms. The van der Waals surface area contributed by atoms with Crippen molar-refractivity contribution in [2.24, 2.45) is 5.92 Å². The summed E-state index contributed by atoms with van der Waals surface area (Å²) in [5.74, 6) is 0.284. The quantitative estimate of drug-likeness (QED) is 0.178. The van der Waals surface area contributed by atoms with Crippen LogP contribution in [0.3, 0.4) is 0 Å². The van der Waals surface area contributed by atoms with E-state index in [9.17, 15) is 10.1 Å². The lowest BCUT2D eigenvalue weighted by Crippen LogP contribution is -2.51. The van der Waals surface area contributed by atoms with Gasteiger partial charge in [-0.2, -0.15) is 5.26 Å². The van der Waals surface area contributed by atoms with E-state index in [2.05, 4.69) is 33.9 Å². The topological polar surface area (TPSA) is 116 Å². The van der Waals surface area contributed by atoms with Gasteiger partial charge in [0.2, 0.25) is 0 Å². The number of pyridine rings is 2. The first-order chi connectivity index (χ1) is 23.7. The van der Waals surface area contributed by atoms with Crippen LogP contribution in [-0.4, -0.2) is 51.1 Å². The smallest absolute Gasteiger partial charge is 0.325 e. The van der Waals surface area contributed by atoms with E-state index < -0.39 is 5.82 Å². The summed E-state index contributed by atoms with van der Waals surface area (Å²) < 4.78 is 19.4. The number of carbonyl (C=O) groups is 1. The predicted octanol–water partition coefficient (Wildman–Crippen LogP) is 7.97. The number of rotatable bonds is 7. The van der Waals surface area contributed by atoms with Crippen LogP contribution in [0.4, 0.5) is 20.7 Å². The number of nitriles is 1. The number of nitrogen functional groups attached to an aromatic ring is 1. The Hall–Kier alpha value is -4.43. The zero-order valence-corrected chi connectivity index (χ0v) is 28.7. The van der Waals surface area contributed by atoms with E-state index in [1.54, 1.807) is 35.4 Å².